The van der Waals surface area contributed by atoms with Crippen molar-refractivity contribution >= 4 is 32.7 Å². The van der Waals surface area contributed by atoms with E-state index in [4.69, 9.17) is 9.97 Å². The fraction of sp³-hybridized carbons (Fsp3) is 0.0196. The molecule has 0 atom stereocenters. The van der Waals surface area contributed by atoms with Crippen molar-refractivity contribution < 1.29 is 0 Å². The van der Waals surface area contributed by atoms with E-state index in [-0.39, 0.29) is 5.41 Å². The van der Waals surface area contributed by atoms with Gasteiger partial charge in [-0.15, -0.1) is 0 Å². The number of fused-ring (bicyclic) bond motifs is 14. The summed E-state index contributed by atoms with van der Waals surface area (Å²) >= 11 is 0. The van der Waals surface area contributed by atoms with Crippen molar-refractivity contribution in [1.82, 2.24) is 14.5 Å². The molecule has 0 fully saturated rings. The molecule has 10 aromatic rings. The van der Waals surface area contributed by atoms with E-state index in [1.807, 2.05) is 6.07 Å². The van der Waals surface area contributed by atoms with Crippen LogP contribution >= 0.6 is 0 Å². The minimum atomic E-state index is -0.376. The highest BCUT2D eigenvalue weighted by atomic mass is 15.2. The standard InChI is InChI=1S/C51H31N3/c1-2-15-32(16-3-1)49-39-21-7-12-27-45(39)52-50(53-49)54-46-28-13-8-19-37(46)40-31-33(29-30-47(40)54)34-22-14-26-44-48(34)38-20-6-11-25-43(38)51(44)41-23-9-4-17-35(41)36-18-5-10-24-42(36)51/h1-31H. The lowest BCUT2D eigenvalue weighted by Gasteiger charge is -2.30. The van der Waals surface area contributed by atoms with Crippen LogP contribution in [0.2, 0.25) is 0 Å². The zero-order valence-electron chi connectivity index (χ0n) is 29.2. The second-order valence-electron chi connectivity index (χ2n) is 14.5. The van der Waals surface area contributed by atoms with Crippen LogP contribution in [0.1, 0.15) is 22.3 Å². The molecule has 8 aromatic carbocycles. The number of benzene rings is 8. The molecule has 2 heterocycles. The molecule has 1 spiro atoms. The summed E-state index contributed by atoms with van der Waals surface area (Å²) in [6.07, 6.45) is 0. The van der Waals surface area contributed by atoms with E-state index in [9.17, 15) is 0 Å². The number of nitrogens with zero attached hydrogens (tertiary/aromatic N) is 3. The van der Waals surface area contributed by atoms with Gasteiger partial charge in [0, 0.05) is 21.7 Å². The van der Waals surface area contributed by atoms with Gasteiger partial charge in [0.15, 0.2) is 0 Å². The summed E-state index contributed by atoms with van der Waals surface area (Å²) in [5.74, 6) is 0.668. The molecular weight excluding hydrogens is 655 g/mol. The summed E-state index contributed by atoms with van der Waals surface area (Å²) in [6.45, 7) is 0. The molecule has 3 heteroatoms. The zero-order chi connectivity index (χ0) is 35.4. The first-order valence-electron chi connectivity index (χ1n) is 18.6. The summed E-state index contributed by atoms with van der Waals surface area (Å²) in [4.78, 5) is 10.5. The quantitative estimate of drug-likeness (QED) is 0.185. The van der Waals surface area contributed by atoms with Crippen LogP contribution in [0.25, 0.3) is 83.3 Å². The Morgan fingerprint density at radius 2 is 0.944 bits per heavy atom. The van der Waals surface area contributed by atoms with Gasteiger partial charge in [0.05, 0.1) is 27.7 Å². The van der Waals surface area contributed by atoms with Crippen LogP contribution in [-0.4, -0.2) is 14.5 Å². The molecule has 0 radical (unpaired) electrons. The molecule has 2 aromatic heterocycles. The Morgan fingerprint density at radius 3 is 1.72 bits per heavy atom. The smallest absolute Gasteiger partial charge is 0.235 e. The highest BCUT2D eigenvalue weighted by Gasteiger charge is 2.51. The largest absolute Gasteiger partial charge is 0.278 e. The van der Waals surface area contributed by atoms with Gasteiger partial charge in [-0.1, -0.05) is 164 Å². The average Bonchev–Trinajstić information content (AvgIpc) is 3.85. The number of aromatic nitrogens is 3. The molecule has 0 saturated heterocycles. The van der Waals surface area contributed by atoms with E-state index in [1.165, 1.54) is 66.4 Å². The van der Waals surface area contributed by atoms with Crippen molar-refractivity contribution in [2.75, 3.05) is 0 Å². The van der Waals surface area contributed by atoms with Gasteiger partial charge >= 0.3 is 0 Å². The zero-order valence-corrected chi connectivity index (χ0v) is 29.2. The number of rotatable bonds is 3. The molecular formula is C51H31N3. The third-order valence-electron chi connectivity index (χ3n) is 11.8. The monoisotopic (exact) mass is 685 g/mol. The van der Waals surface area contributed by atoms with Crippen molar-refractivity contribution in [2.24, 2.45) is 0 Å². The Labute approximate surface area is 312 Å². The molecule has 2 aliphatic carbocycles. The summed E-state index contributed by atoms with van der Waals surface area (Å²) in [5, 5.41) is 3.39. The van der Waals surface area contributed by atoms with Gasteiger partial charge in [-0.25, -0.2) is 9.97 Å². The van der Waals surface area contributed by atoms with Gasteiger partial charge in [0.2, 0.25) is 5.95 Å². The summed E-state index contributed by atoms with van der Waals surface area (Å²) in [7, 11) is 0. The van der Waals surface area contributed by atoms with Crippen LogP contribution in [0.15, 0.2) is 188 Å². The van der Waals surface area contributed by atoms with Crippen molar-refractivity contribution in [2.45, 2.75) is 5.41 Å². The molecule has 0 bridgehead atoms. The lowest BCUT2D eigenvalue weighted by atomic mass is 9.70. The molecule has 0 saturated carbocycles. The van der Waals surface area contributed by atoms with Gasteiger partial charge < -0.3 is 0 Å². The Kier molecular flexibility index (Phi) is 5.98. The molecule has 0 unspecified atom stereocenters. The minimum absolute atomic E-state index is 0.376. The molecule has 54 heavy (non-hydrogen) atoms. The minimum Gasteiger partial charge on any atom is -0.278 e. The number of hydrogen-bond donors (Lipinski definition) is 0. The van der Waals surface area contributed by atoms with Crippen LogP contribution in [0.3, 0.4) is 0 Å². The third-order valence-corrected chi connectivity index (χ3v) is 11.8. The Hall–Kier alpha value is -7.10. The van der Waals surface area contributed by atoms with E-state index in [0.29, 0.717) is 5.95 Å². The second-order valence-corrected chi connectivity index (χ2v) is 14.5. The first-order valence-corrected chi connectivity index (χ1v) is 18.6. The summed E-state index contributed by atoms with van der Waals surface area (Å²) in [5.41, 5.74) is 17.8. The highest BCUT2D eigenvalue weighted by Crippen LogP contribution is 2.64. The predicted molar refractivity (Wildman–Crippen MR) is 221 cm³/mol. The van der Waals surface area contributed by atoms with E-state index in [2.05, 4.69) is 187 Å². The van der Waals surface area contributed by atoms with Crippen LogP contribution in [-0.2, 0) is 5.41 Å². The SMILES string of the molecule is c1ccc(-c2nc(-n3c4ccccc4c4cc(-c5cccc6c5-c5ccccc5C65c6ccccc6-c6ccccc65)ccc43)nc3ccccc23)cc1. The van der Waals surface area contributed by atoms with E-state index < -0.39 is 0 Å². The maximum absolute atomic E-state index is 5.30. The highest BCUT2D eigenvalue weighted by molar-refractivity contribution is 6.11. The van der Waals surface area contributed by atoms with Crippen molar-refractivity contribution in [3.05, 3.63) is 210 Å². The molecule has 0 N–H and O–H groups in total. The van der Waals surface area contributed by atoms with E-state index in [0.717, 1.165) is 33.2 Å². The van der Waals surface area contributed by atoms with Crippen LogP contribution in [0.4, 0.5) is 0 Å². The summed E-state index contributed by atoms with van der Waals surface area (Å²) in [6, 6.07) is 68.3. The second kappa shape index (κ2) is 11.0. The van der Waals surface area contributed by atoms with Gasteiger partial charge in [-0.3, -0.25) is 4.57 Å². The number of hydrogen-bond acceptors (Lipinski definition) is 2. The first-order chi connectivity index (χ1) is 26.8. The predicted octanol–water partition coefficient (Wildman–Crippen LogP) is 12.4. The molecule has 0 aliphatic heterocycles. The third kappa shape index (κ3) is 3.80. The van der Waals surface area contributed by atoms with Crippen LogP contribution in [0.5, 0.6) is 0 Å². The van der Waals surface area contributed by atoms with Crippen molar-refractivity contribution in [1.29, 1.82) is 0 Å². The summed E-state index contributed by atoms with van der Waals surface area (Å²) < 4.78 is 2.24. The number of para-hydroxylation sites is 2. The molecule has 2 aliphatic rings. The maximum Gasteiger partial charge on any atom is 0.235 e. The molecule has 3 nitrogen and oxygen atoms in total. The molecule has 0 amide bonds. The molecule has 12 rings (SSSR count). The lowest BCUT2D eigenvalue weighted by molar-refractivity contribution is 0.794. The maximum atomic E-state index is 5.30. The van der Waals surface area contributed by atoms with E-state index >= 15 is 0 Å². The lowest BCUT2D eigenvalue weighted by Crippen LogP contribution is -2.25. The van der Waals surface area contributed by atoms with Crippen LogP contribution in [0, 0.1) is 0 Å². The average molecular weight is 686 g/mol. The first kappa shape index (κ1) is 29.5. The fourth-order valence-corrected chi connectivity index (χ4v) is 9.72. The Bertz CT molecular complexity index is 3130. The van der Waals surface area contributed by atoms with Gasteiger partial charge in [-0.05, 0) is 79.9 Å². The van der Waals surface area contributed by atoms with Gasteiger partial charge in [0.25, 0.3) is 0 Å². The van der Waals surface area contributed by atoms with Crippen molar-refractivity contribution in [3.63, 3.8) is 0 Å². The van der Waals surface area contributed by atoms with Crippen LogP contribution < -0.4 is 0 Å². The van der Waals surface area contributed by atoms with Gasteiger partial charge in [-0.2, -0.15) is 0 Å². The Balaban J connectivity index is 1.11. The van der Waals surface area contributed by atoms with Crippen molar-refractivity contribution in [3.8, 4) is 50.6 Å². The Morgan fingerprint density at radius 1 is 0.370 bits per heavy atom. The normalized spacial score (nSPS) is 13.3. The fourth-order valence-electron chi connectivity index (χ4n) is 9.72. The van der Waals surface area contributed by atoms with E-state index in [1.54, 1.807) is 0 Å². The van der Waals surface area contributed by atoms with Gasteiger partial charge in [0.1, 0.15) is 0 Å². The molecule has 250 valence electrons. The topological polar surface area (TPSA) is 30.7 Å².